The third-order valence-electron chi connectivity index (χ3n) is 11.2. The highest BCUT2D eigenvalue weighted by atomic mass is 16.6. The molecule has 0 amide bonds. The number of hydrogen-bond donors (Lipinski definition) is 1. The number of carbonyl (C=O) groups is 2. The van der Waals surface area contributed by atoms with E-state index in [4.69, 9.17) is 28.7 Å². The van der Waals surface area contributed by atoms with E-state index in [0.717, 1.165) is 10.9 Å². The van der Waals surface area contributed by atoms with Crippen LogP contribution in [0, 0.1) is 13.8 Å². The maximum atomic E-state index is 15.4. The standard InChI is InChI=1S/C52H52N4O9/c1-29-10-17-39(43(31-11-13-34(61-9)14-12-31)41(29)47(49(58)59)64-51(3,4)5)63-50(60)48(65-52(6,7)8)42-30(2)26-37-35(16-19-40(57)56(37)28-33-27-53-23-24-54-33)45(42)36-15-18-38-44-32(21-25-62-38)20-22-55-46(36)44/h10-20,22-24,26-27,47-48H,21,25,28H2,1-9H3,(H,58,59). The highest BCUT2D eigenvalue weighted by molar-refractivity contribution is 6.08. The lowest BCUT2D eigenvalue weighted by Crippen LogP contribution is -2.31. The van der Waals surface area contributed by atoms with Crippen LogP contribution in [0.1, 0.15) is 87.3 Å². The molecule has 4 heterocycles. The molecule has 13 nitrogen and oxygen atoms in total. The molecule has 1 aliphatic heterocycles. The Labute approximate surface area is 377 Å². The normalized spacial score (nSPS) is 13.6. The van der Waals surface area contributed by atoms with Crippen molar-refractivity contribution in [3.8, 4) is 39.5 Å². The average Bonchev–Trinajstić information content (AvgIpc) is 3.26. The molecule has 0 bridgehead atoms. The molecular formula is C52H52N4O9. The van der Waals surface area contributed by atoms with E-state index in [1.54, 1.807) is 107 Å². The van der Waals surface area contributed by atoms with Crippen LogP contribution in [0.25, 0.3) is 44.1 Å². The first-order chi connectivity index (χ1) is 30.9. The minimum atomic E-state index is -1.43. The van der Waals surface area contributed by atoms with Crippen molar-refractivity contribution in [2.45, 2.75) is 91.8 Å². The summed E-state index contributed by atoms with van der Waals surface area (Å²) in [7, 11) is 1.56. The van der Waals surface area contributed by atoms with Gasteiger partial charge in [-0.2, -0.15) is 0 Å². The Hall–Kier alpha value is -6.96. The molecule has 1 aliphatic rings. The van der Waals surface area contributed by atoms with Crippen LogP contribution in [0.4, 0.5) is 0 Å². The number of esters is 1. The topological polar surface area (TPSA) is 161 Å². The van der Waals surface area contributed by atoms with Gasteiger partial charge in [-0.15, -0.1) is 0 Å². The summed E-state index contributed by atoms with van der Waals surface area (Å²) in [6.45, 7) is 15.3. The first-order valence-corrected chi connectivity index (χ1v) is 21.5. The van der Waals surface area contributed by atoms with Gasteiger partial charge in [0.15, 0.2) is 12.2 Å². The molecule has 0 radical (unpaired) electrons. The van der Waals surface area contributed by atoms with Crippen molar-refractivity contribution in [3.05, 3.63) is 141 Å². The largest absolute Gasteiger partial charge is 0.497 e. The predicted molar refractivity (Wildman–Crippen MR) is 248 cm³/mol. The van der Waals surface area contributed by atoms with Crippen molar-refractivity contribution < 1.29 is 38.4 Å². The Morgan fingerprint density at radius 3 is 2.22 bits per heavy atom. The molecular weight excluding hydrogens is 825 g/mol. The average molecular weight is 877 g/mol. The van der Waals surface area contributed by atoms with E-state index in [2.05, 4.69) is 9.97 Å². The quantitative estimate of drug-likeness (QED) is 0.0916. The van der Waals surface area contributed by atoms with E-state index in [9.17, 15) is 14.7 Å². The van der Waals surface area contributed by atoms with Gasteiger partial charge in [-0.05, 0) is 132 Å². The van der Waals surface area contributed by atoms with Crippen LogP contribution in [0.3, 0.4) is 0 Å². The molecule has 2 atom stereocenters. The Bertz CT molecular complexity index is 3010. The molecule has 334 valence electrons. The second-order valence-electron chi connectivity index (χ2n) is 18.2. The van der Waals surface area contributed by atoms with Gasteiger partial charge in [0.1, 0.15) is 17.2 Å². The van der Waals surface area contributed by atoms with E-state index in [1.165, 1.54) is 6.07 Å². The predicted octanol–water partition coefficient (Wildman–Crippen LogP) is 9.68. The van der Waals surface area contributed by atoms with E-state index in [-0.39, 0.29) is 17.9 Å². The van der Waals surface area contributed by atoms with E-state index >= 15 is 4.79 Å². The Kier molecular flexibility index (Phi) is 12.1. The van der Waals surface area contributed by atoms with Crippen LogP contribution in [0.15, 0.2) is 102 Å². The number of methoxy groups -OCH3 is 1. The number of ether oxygens (including phenoxy) is 5. The number of carbonyl (C=O) groups excluding carboxylic acids is 1. The van der Waals surface area contributed by atoms with Gasteiger partial charge in [0.05, 0.1) is 54.4 Å². The number of carboxylic acids is 1. The first-order valence-electron chi connectivity index (χ1n) is 21.5. The molecule has 13 heteroatoms. The van der Waals surface area contributed by atoms with E-state index in [0.29, 0.717) is 91.1 Å². The number of carboxylic acid groups (broad SMARTS) is 1. The summed E-state index contributed by atoms with van der Waals surface area (Å²) >= 11 is 0. The number of hydrogen-bond acceptors (Lipinski definition) is 11. The molecule has 0 saturated carbocycles. The van der Waals surface area contributed by atoms with Crippen molar-refractivity contribution in [2.75, 3.05) is 13.7 Å². The van der Waals surface area contributed by atoms with Crippen LogP contribution in [-0.2, 0) is 32.0 Å². The third kappa shape index (κ3) is 9.07. The minimum absolute atomic E-state index is 0.102. The van der Waals surface area contributed by atoms with E-state index in [1.807, 2.05) is 52.0 Å². The van der Waals surface area contributed by atoms with Gasteiger partial charge in [0.2, 0.25) is 0 Å². The maximum Gasteiger partial charge on any atom is 0.345 e. The van der Waals surface area contributed by atoms with Crippen LogP contribution >= 0.6 is 0 Å². The number of aromatic nitrogens is 4. The summed E-state index contributed by atoms with van der Waals surface area (Å²) in [5.74, 6) is -0.574. The molecule has 3 aromatic heterocycles. The van der Waals surface area contributed by atoms with E-state index < -0.39 is 35.3 Å². The first kappa shape index (κ1) is 44.6. The van der Waals surface area contributed by atoms with Crippen LogP contribution in [0.2, 0.25) is 0 Å². The number of nitrogens with zero attached hydrogens (tertiary/aromatic N) is 4. The molecule has 0 saturated heterocycles. The minimum Gasteiger partial charge on any atom is -0.497 e. The zero-order chi connectivity index (χ0) is 46.4. The summed E-state index contributed by atoms with van der Waals surface area (Å²) in [6, 6.07) is 21.5. The molecule has 65 heavy (non-hydrogen) atoms. The van der Waals surface area contributed by atoms with Gasteiger partial charge in [-0.3, -0.25) is 19.7 Å². The second-order valence-corrected chi connectivity index (χ2v) is 18.2. The van der Waals surface area contributed by atoms with Gasteiger partial charge in [0.25, 0.3) is 5.56 Å². The van der Waals surface area contributed by atoms with Gasteiger partial charge in [-0.1, -0.05) is 18.2 Å². The zero-order valence-corrected chi connectivity index (χ0v) is 38.0. The monoisotopic (exact) mass is 876 g/mol. The van der Waals surface area contributed by atoms with Crippen LogP contribution in [-0.4, -0.2) is 61.5 Å². The lowest BCUT2D eigenvalue weighted by Gasteiger charge is -2.31. The van der Waals surface area contributed by atoms with Crippen molar-refractivity contribution in [1.29, 1.82) is 0 Å². The van der Waals surface area contributed by atoms with Gasteiger partial charge >= 0.3 is 11.9 Å². The van der Waals surface area contributed by atoms with Crippen LogP contribution < -0.4 is 19.8 Å². The molecule has 8 rings (SSSR count). The number of aliphatic carboxylic acids is 1. The zero-order valence-electron chi connectivity index (χ0n) is 38.0. The lowest BCUT2D eigenvalue weighted by atomic mass is 9.86. The summed E-state index contributed by atoms with van der Waals surface area (Å²) in [5.41, 5.74) is 5.27. The third-order valence-corrected chi connectivity index (χ3v) is 11.2. The highest BCUT2D eigenvalue weighted by Gasteiger charge is 2.37. The summed E-state index contributed by atoms with van der Waals surface area (Å²) in [6.07, 6.45) is 4.46. The molecule has 0 fully saturated rings. The molecule has 7 aromatic rings. The SMILES string of the molecule is COc1ccc(-c2c(OC(=O)C(OC(C)(C)C)c3c(C)cc4c(ccc(=O)n4Cc4cnccn4)c3-c3ccc4c5c(ccnc35)CCO4)ccc(C)c2C(OC(C)(C)C)C(=O)O)cc1. The number of benzene rings is 4. The maximum absolute atomic E-state index is 15.4. The van der Waals surface area contributed by atoms with Crippen molar-refractivity contribution in [1.82, 2.24) is 19.5 Å². The lowest BCUT2D eigenvalue weighted by molar-refractivity contribution is -0.160. The van der Waals surface area contributed by atoms with Crippen LogP contribution in [0.5, 0.6) is 17.2 Å². The smallest absolute Gasteiger partial charge is 0.345 e. The van der Waals surface area contributed by atoms with Crippen molar-refractivity contribution in [2.24, 2.45) is 0 Å². The van der Waals surface area contributed by atoms with Gasteiger partial charge in [-0.25, -0.2) is 9.59 Å². The number of pyridine rings is 2. The fraction of sp³-hybridized carbons (Fsp3) is 0.308. The van der Waals surface area contributed by atoms with Gasteiger partial charge in [0, 0.05) is 64.1 Å². The fourth-order valence-corrected chi connectivity index (χ4v) is 8.56. The molecule has 0 spiro atoms. The number of fused-ring (bicyclic) bond motifs is 1. The highest BCUT2D eigenvalue weighted by Crippen LogP contribution is 2.47. The number of aryl methyl sites for hydroxylation is 2. The Morgan fingerprint density at radius 1 is 0.815 bits per heavy atom. The number of rotatable bonds is 12. The molecule has 0 aliphatic carbocycles. The van der Waals surface area contributed by atoms with Crippen molar-refractivity contribution >= 4 is 33.7 Å². The Morgan fingerprint density at radius 2 is 1.54 bits per heavy atom. The fourth-order valence-electron chi connectivity index (χ4n) is 8.56. The molecule has 2 unspecified atom stereocenters. The molecule has 4 aromatic carbocycles. The van der Waals surface area contributed by atoms with Gasteiger partial charge < -0.3 is 33.4 Å². The van der Waals surface area contributed by atoms with Crippen molar-refractivity contribution in [3.63, 3.8) is 0 Å². The molecule has 1 N–H and O–H groups in total. The Balaban J connectivity index is 1.39. The summed E-state index contributed by atoms with van der Waals surface area (Å²) in [4.78, 5) is 56.0. The summed E-state index contributed by atoms with van der Waals surface area (Å²) < 4.78 is 32.8. The summed E-state index contributed by atoms with van der Waals surface area (Å²) in [5, 5.41) is 12.2. The second kappa shape index (κ2) is 17.5.